The van der Waals surface area contributed by atoms with E-state index in [2.05, 4.69) is 5.32 Å². The fourth-order valence-corrected chi connectivity index (χ4v) is 2.09. The van der Waals surface area contributed by atoms with Crippen LogP contribution < -0.4 is 11.1 Å². The smallest absolute Gasteiger partial charge is 0.234 e. The van der Waals surface area contributed by atoms with Crippen molar-refractivity contribution < 1.29 is 9.53 Å². The molecule has 2 atom stereocenters. The maximum absolute atomic E-state index is 12.3. The van der Waals surface area contributed by atoms with Crippen molar-refractivity contribution in [2.75, 3.05) is 18.5 Å². The number of halogens is 1. The molecule has 0 bridgehead atoms. The maximum Gasteiger partial charge on any atom is 0.234 e. The van der Waals surface area contributed by atoms with Gasteiger partial charge in [0.1, 0.15) is 0 Å². The summed E-state index contributed by atoms with van der Waals surface area (Å²) >= 11 is 5.92. The van der Waals surface area contributed by atoms with Crippen molar-refractivity contribution in [3.63, 3.8) is 0 Å². The van der Waals surface area contributed by atoms with E-state index < -0.39 is 5.41 Å². The predicted molar refractivity (Wildman–Crippen MR) is 71.7 cm³/mol. The molecule has 1 heterocycles. The number of nitrogens with two attached hydrogens (primary N) is 1. The van der Waals surface area contributed by atoms with Crippen molar-refractivity contribution in [1.82, 2.24) is 0 Å². The largest absolute Gasteiger partial charge is 0.379 e. The van der Waals surface area contributed by atoms with Crippen LogP contribution >= 0.6 is 11.6 Å². The predicted octanol–water partition coefficient (Wildman–Crippen LogP) is 1.95. The number of anilines is 1. The molecule has 1 aromatic carbocycles. The zero-order valence-corrected chi connectivity index (χ0v) is 11.3. The van der Waals surface area contributed by atoms with Crippen molar-refractivity contribution in [2.45, 2.75) is 19.9 Å². The molecule has 1 amide bonds. The van der Waals surface area contributed by atoms with Gasteiger partial charge >= 0.3 is 0 Å². The van der Waals surface area contributed by atoms with Crippen LogP contribution in [0.3, 0.4) is 0 Å². The van der Waals surface area contributed by atoms with E-state index in [0.717, 1.165) is 5.56 Å². The second kappa shape index (κ2) is 4.88. The van der Waals surface area contributed by atoms with Gasteiger partial charge in [-0.25, -0.2) is 0 Å². The molecule has 1 fully saturated rings. The first-order chi connectivity index (χ1) is 8.43. The van der Waals surface area contributed by atoms with Crippen molar-refractivity contribution in [3.8, 4) is 0 Å². The summed E-state index contributed by atoms with van der Waals surface area (Å²) in [4.78, 5) is 12.3. The van der Waals surface area contributed by atoms with Gasteiger partial charge in [-0.15, -0.1) is 0 Å². The Morgan fingerprint density at radius 2 is 2.33 bits per heavy atom. The number of hydrogen-bond acceptors (Lipinski definition) is 3. The van der Waals surface area contributed by atoms with Gasteiger partial charge in [0, 0.05) is 16.8 Å². The van der Waals surface area contributed by atoms with E-state index in [0.29, 0.717) is 23.9 Å². The summed E-state index contributed by atoms with van der Waals surface area (Å²) in [7, 11) is 0. The lowest BCUT2D eigenvalue weighted by Gasteiger charge is -2.25. The molecular formula is C13H17ClN2O2. The number of benzene rings is 1. The molecule has 1 aromatic rings. The normalized spacial score (nSPS) is 27.2. The van der Waals surface area contributed by atoms with E-state index in [4.69, 9.17) is 22.1 Å². The Morgan fingerprint density at radius 1 is 1.61 bits per heavy atom. The highest BCUT2D eigenvalue weighted by atomic mass is 35.5. The zero-order valence-electron chi connectivity index (χ0n) is 10.5. The Morgan fingerprint density at radius 3 is 2.94 bits per heavy atom. The number of amides is 1. The van der Waals surface area contributed by atoms with E-state index in [1.807, 2.05) is 19.9 Å². The minimum atomic E-state index is -0.686. The van der Waals surface area contributed by atoms with Crippen LogP contribution in [0.4, 0.5) is 5.69 Å². The zero-order chi connectivity index (χ0) is 13.3. The van der Waals surface area contributed by atoms with E-state index in [1.54, 1.807) is 12.1 Å². The third-order valence-corrected chi connectivity index (χ3v) is 3.72. The summed E-state index contributed by atoms with van der Waals surface area (Å²) < 4.78 is 5.27. The summed E-state index contributed by atoms with van der Waals surface area (Å²) in [5, 5.41) is 3.47. The number of aryl methyl sites for hydroxylation is 1. The van der Waals surface area contributed by atoms with Gasteiger partial charge in [0.05, 0.1) is 18.6 Å². The van der Waals surface area contributed by atoms with Gasteiger partial charge in [-0.05, 0) is 31.5 Å². The minimum absolute atomic E-state index is 0.127. The molecule has 1 aliphatic heterocycles. The highest BCUT2D eigenvalue weighted by Crippen LogP contribution is 2.30. The molecule has 3 N–H and O–H groups in total. The van der Waals surface area contributed by atoms with E-state index in [-0.39, 0.29) is 11.9 Å². The lowest BCUT2D eigenvalue weighted by molar-refractivity contribution is -0.125. The Bertz CT molecular complexity index is 478. The number of hydrogen-bond donors (Lipinski definition) is 2. The van der Waals surface area contributed by atoms with Crippen molar-refractivity contribution in [1.29, 1.82) is 0 Å². The molecule has 98 valence electrons. The summed E-state index contributed by atoms with van der Waals surface area (Å²) in [6, 6.07) is 5.11. The molecule has 5 heteroatoms. The molecule has 0 aromatic heterocycles. The van der Waals surface area contributed by atoms with Crippen molar-refractivity contribution in [3.05, 3.63) is 28.8 Å². The summed E-state index contributed by atoms with van der Waals surface area (Å²) in [5.74, 6) is -0.127. The van der Waals surface area contributed by atoms with Gasteiger partial charge in [0.15, 0.2) is 0 Å². The Hall–Kier alpha value is -1.10. The van der Waals surface area contributed by atoms with E-state index in [1.165, 1.54) is 0 Å². The molecule has 0 radical (unpaired) electrons. The minimum Gasteiger partial charge on any atom is -0.379 e. The van der Waals surface area contributed by atoms with Crippen LogP contribution in [0.2, 0.25) is 5.02 Å². The quantitative estimate of drug-likeness (QED) is 0.862. The first-order valence-electron chi connectivity index (χ1n) is 5.84. The van der Waals surface area contributed by atoms with Gasteiger partial charge in [-0.3, -0.25) is 4.79 Å². The third kappa shape index (κ3) is 2.36. The third-order valence-electron chi connectivity index (χ3n) is 3.48. The number of nitrogens with one attached hydrogen (secondary N) is 1. The number of ether oxygens (including phenoxy) is 1. The molecule has 1 aliphatic rings. The Kier molecular flexibility index (Phi) is 3.61. The standard InChI is InChI=1S/C13H17ClN2O2/c1-8-3-4-9(14)5-10(8)16-12(17)13(2)7-18-6-11(13)15/h3-5,11H,6-7,15H2,1-2H3,(H,16,17). The lowest BCUT2D eigenvalue weighted by atomic mass is 9.84. The second-order valence-corrected chi connectivity index (χ2v) is 5.39. The van der Waals surface area contributed by atoms with E-state index in [9.17, 15) is 4.79 Å². The molecule has 1 saturated heterocycles. The number of carbonyl (C=O) groups excluding carboxylic acids is 1. The Balaban J connectivity index is 2.19. The summed E-state index contributed by atoms with van der Waals surface area (Å²) in [6.07, 6.45) is 0. The second-order valence-electron chi connectivity index (χ2n) is 4.95. The fraction of sp³-hybridized carbons (Fsp3) is 0.462. The van der Waals surface area contributed by atoms with Crippen molar-refractivity contribution >= 4 is 23.2 Å². The highest BCUT2D eigenvalue weighted by molar-refractivity contribution is 6.31. The van der Waals surface area contributed by atoms with Crippen LogP contribution in [0.5, 0.6) is 0 Å². The van der Waals surface area contributed by atoms with Crippen LogP contribution in [0.15, 0.2) is 18.2 Å². The van der Waals surface area contributed by atoms with Crippen LogP contribution in [0, 0.1) is 12.3 Å². The summed E-state index contributed by atoms with van der Waals surface area (Å²) in [6.45, 7) is 4.50. The fourth-order valence-electron chi connectivity index (χ4n) is 1.92. The van der Waals surface area contributed by atoms with Crippen LogP contribution in [-0.2, 0) is 9.53 Å². The molecule has 2 rings (SSSR count). The molecule has 0 aliphatic carbocycles. The summed E-state index contributed by atoms with van der Waals surface area (Å²) in [5.41, 5.74) is 6.92. The van der Waals surface area contributed by atoms with Gasteiger partial charge in [-0.2, -0.15) is 0 Å². The lowest BCUT2D eigenvalue weighted by Crippen LogP contribution is -2.47. The SMILES string of the molecule is Cc1ccc(Cl)cc1NC(=O)C1(C)COCC1N. The highest BCUT2D eigenvalue weighted by Gasteiger charge is 2.44. The molecular weight excluding hydrogens is 252 g/mol. The van der Waals surface area contributed by atoms with Crippen LogP contribution in [0.25, 0.3) is 0 Å². The average molecular weight is 269 g/mol. The first kappa shape index (κ1) is 13.3. The van der Waals surface area contributed by atoms with Gasteiger partial charge < -0.3 is 15.8 Å². The van der Waals surface area contributed by atoms with Gasteiger partial charge in [-0.1, -0.05) is 17.7 Å². The van der Waals surface area contributed by atoms with Gasteiger partial charge in [0.2, 0.25) is 5.91 Å². The molecule has 4 nitrogen and oxygen atoms in total. The van der Waals surface area contributed by atoms with Crippen molar-refractivity contribution in [2.24, 2.45) is 11.1 Å². The first-order valence-corrected chi connectivity index (χ1v) is 6.22. The van der Waals surface area contributed by atoms with Crippen LogP contribution in [0.1, 0.15) is 12.5 Å². The molecule has 2 unspecified atom stereocenters. The molecule has 0 saturated carbocycles. The Labute approximate surface area is 111 Å². The average Bonchev–Trinajstić information content (AvgIpc) is 2.66. The maximum atomic E-state index is 12.3. The number of rotatable bonds is 2. The monoisotopic (exact) mass is 268 g/mol. The van der Waals surface area contributed by atoms with Crippen LogP contribution in [-0.4, -0.2) is 25.2 Å². The van der Waals surface area contributed by atoms with E-state index >= 15 is 0 Å². The molecule has 0 spiro atoms. The van der Waals surface area contributed by atoms with Gasteiger partial charge in [0.25, 0.3) is 0 Å². The molecule has 18 heavy (non-hydrogen) atoms. The topological polar surface area (TPSA) is 64.3 Å². The number of carbonyl (C=O) groups is 1.